The van der Waals surface area contributed by atoms with Crippen molar-refractivity contribution in [2.75, 3.05) is 0 Å². The minimum atomic E-state index is -0.384. The van der Waals surface area contributed by atoms with Crippen molar-refractivity contribution in [3.05, 3.63) is 29.8 Å². The lowest BCUT2D eigenvalue weighted by molar-refractivity contribution is -0.131. The van der Waals surface area contributed by atoms with Gasteiger partial charge in [-0.3, -0.25) is 9.59 Å². The van der Waals surface area contributed by atoms with Crippen molar-refractivity contribution in [1.29, 1.82) is 0 Å². The molecule has 1 aliphatic carbocycles. The second kappa shape index (κ2) is 6.36. The molecule has 1 fully saturated rings. The van der Waals surface area contributed by atoms with Gasteiger partial charge in [0.2, 0.25) is 0 Å². The van der Waals surface area contributed by atoms with Crippen LogP contribution in [0, 0.1) is 0 Å². The van der Waals surface area contributed by atoms with Crippen molar-refractivity contribution in [2.45, 2.75) is 45.1 Å². The summed E-state index contributed by atoms with van der Waals surface area (Å²) >= 11 is 0. The number of hydrogen-bond donors (Lipinski definition) is 1. The van der Waals surface area contributed by atoms with Gasteiger partial charge in [-0.25, -0.2) is 0 Å². The lowest BCUT2D eigenvalue weighted by atomic mass is 9.95. The Balaban J connectivity index is 1.99. The number of nitrogens with one attached hydrogen (secondary N) is 1. The summed E-state index contributed by atoms with van der Waals surface area (Å²) in [4.78, 5) is 23.0. The number of esters is 1. The van der Waals surface area contributed by atoms with Gasteiger partial charge in [0.1, 0.15) is 5.75 Å². The Morgan fingerprint density at radius 2 is 1.95 bits per heavy atom. The van der Waals surface area contributed by atoms with E-state index >= 15 is 0 Å². The normalized spacial score (nSPS) is 15.8. The molecule has 1 N–H and O–H groups in total. The highest BCUT2D eigenvalue weighted by Crippen LogP contribution is 2.19. The lowest BCUT2D eigenvalue weighted by Gasteiger charge is -2.22. The topological polar surface area (TPSA) is 55.4 Å². The van der Waals surface area contributed by atoms with Gasteiger partial charge in [0.25, 0.3) is 5.91 Å². The van der Waals surface area contributed by atoms with Crippen LogP contribution in [0.1, 0.15) is 49.4 Å². The van der Waals surface area contributed by atoms with Crippen molar-refractivity contribution >= 4 is 11.9 Å². The van der Waals surface area contributed by atoms with E-state index in [9.17, 15) is 9.59 Å². The van der Waals surface area contributed by atoms with Gasteiger partial charge in [-0.2, -0.15) is 0 Å². The van der Waals surface area contributed by atoms with E-state index < -0.39 is 0 Å². The van der Waals surface area contributed by atoms with E-state index in [-0.39, 0.29) is 17.9 Å². The third-order valence-electron chi connectivity index (χ3n) is 3.30. The van der Waals surface area contributed by atoms with Gasteiger partial charge in [0.05, 0.1) is 0 Å². The van der Waals surface area contributed by atoms with E-state index in [2.05, 4.69) is 5.32 Å². The molecule has 4 heteroatoms. The van der Waals surface area contributed by atoms with E-state index in [0.29, 0.717) is 11.3 Å². The fourth-order valence-electron chi connectivity index (χ4n) is 2.38. The molecule has 2 rings (SSSR count). The largest absolute Gasteiger partial charge is 0.427 e. The molecule has 0 atom stereocenters. The van der Waals surface area contributed by atoms with Gasteiger partial charge in [0, 0.05) is 18.5 Å². The van der Waals surface area contributed by atoms with Crippen molar-refractivity contribution in [3.63, 3.8) is 0 Å². The van der Waals surface area contributed by atoms with Crippen molar-refractivity contribution in [2.24, 2.45) is 0 Å². The van der Waals surface area contributed by atoms with Crippen molar-refractivity contribution in [1.82, 2.24) is 5.32 Å². The Labute approximate surface area is 113 Å². The van der Waals surface area contributed by atoms with Gasteiger partial charge >= 0.3 is 5.97 Å². The molecule has 0 spiro atoms. The van der Waals surface area contributed by atoms with E-state index in [1.165, 1.54) is 26.2 Å². The van der Waals surface area contributed by atoms with E-state index in [0.717, 1.165) is 12.8 Å². The number of benzene rings is 1. The van der Waals surface area contributed by atoms with Gasteiger partial charge in [-0.05, 0) is 31.0 Å². The maximum atomic E-state index is 12.1. The zero-order valence-electron chi connectivity index (χ0n) is 11.1. The fraction of sp³-hybridized carbons (Fsp3) is 0.467. The first-order valence-corrected chi connectivity index (χ1v) is 6.74. The minimum Gasteiger partial charge on any atom is -0.427 e. The van der Waals surface area contributed by atoms with Crippen LogP contribution in [0.25, 0.3) is 0 Å². The van der Waals surface area contributed by atoms with Crippen LogP contribution in [-0.4, -0.2) is 17.9 Å². The Bertz CT molecular complexity index is 464. The molecule has 0 saturated heterocycles. The summed E-state index contributed by atoms with van der Waals surface area (Å²) in [6.07, 6.45) is 5.72. The molecule has 0 radical (unpaired) electrons. The summed E-state index contributed by atoms with van der Waals surface area (Å²) < 4.78 is 4.98. The highest BCUT2D eigenvalue weighted by Gasteiger charge is 2.16. The number of amides is 1. The highest BCUT2D eigenvalue weighted by atomic mass is 16.5. The molecule has 1 aromatic carbocycles. The zero-order valence-corrected chi connectivity index (χ0v) is 11.1. The number of ether oxygens (including phenoxy) is 1. The Morgan fingerprint density at radius 3 is 2.63 bits per heavy atom. The second-order valence-corrected chi connectivity index (χ2v) is 4.93. The van der Waals surface area contributed by atoms with Gasteiger partial charge in [-0.15, -0.1) is 0 Å². The van der Waals surface area contributed by atoms with Crippen LogP contribution in [0.4, 0.5) is 0 Å². The summed E-state index contributed by atoms with van der Waals surface area (Å²) in [6.45, 7) is 1.34. The molecule has 1 aromatic rings. The van der Waals surface area contributed by atoms with Crippen LogP contribution in [0.15, 0.2) is 24.3 Å². The molecule has 19 heavy (non-hydrogen) atoms. The highest BCUT2D eigenvalue weighted by molar-refractivity contribution is 5.94. The molecule has 4 nitrogen and oxygen atoms in total. The van der Waals surface area contributed by atoms with Crippen LogP contribution in [0.2, 0.25) is 0 Å². The smallest absolute Gasteiger partial charge is 0.308 e. The number of hydrogen-bond acceptors (Lipinski definition) is 3. The van der Waals surface area contributed by atoms with Crippen LogP contribution < -0.4 is 10.1 Å². The monoisotopic (exact) mass is 261 g/mol. The molecule has 1 aliphatic rings. The van der Waals surface area contributed by atoms with Crippen molar-refractivity contribution in [3.8, 4) is 5.75 Å². The average Bonchev–Trinajstić information content (AvgIpc) is 2.39. The summed E-state index contributed by atoms with van der Waals surface area (Å²) in [6, 6.07) is 6.98. The predicted octanol–water partition coefficient (Wildman–Crippen LogP) is 2.67. The van der Waals surface area contributed by atoms with E-state index in [1.807, 2.05) is 0 Å². The molecule has 1 saturated carbocycles. The molecule has 0 aliphatic heterocycles. The maximum Gasteiger partial charge on any atom is 0.308 e. The van der Waals surface area contributed by atoms with Gasteiger partial charge < -0.3 is 10.1 Å². The zero-order chi connectivity index (χ0) is 13.7. The molecule has 102 valence electrons. The Hall–Kier alpha value is -1.84. The molecule has 1 amide bonds. The molecule has 0 bridgehead atoms. The molecule has 0 aromatic heterocycles. The maximum absolute atomic E-state index is 12.1. The lowest BCUT2D eigenvalue weighted by Crippen LogP contribution is -2.36. The number of carbonyl (C=O) groups is 2. The standard InChI is InChI=1S/C15H19NO3/c1-11(17)19-14-9-5-6-12(10-14)15(18)16-13-7-3-2-4-8-13/h5-6,9-10,13H,2-4,7-8H2,1H3,(H,16,18). The molecule has 0 unspecified atom stereocenters. The van der Waals surface area contributed by atoms with Crippen LogP contribution in [-0.2, 0) is 4.79 Å². The Kier molecular flexibility index (Phi) is 4.55. The van der Waals surface area contributed by atoms with Gasteiger partial charge in [-0.1, -0.05) is 25.3 Å². The molecular weight excluding hydrogens is 242 g/mol. The van der Waals surface area contributed by atoms with Crippen molar-refractivity contribution < 1.29 is 14.3 Å². The number of rotatable bonds is 3. The van der Waals surface area contributed by atoms with Crippen LogP contribution in [0.5, 0.6) is 5.75 Å². The first kappa shape index (κ1) is 13.6. The average molecular weight is 261 g/mol. The molecule has 0 heterocycles. The fourth-order valence-corrected chi connectivity index (χ4v) is 2.38. The molecular formula is C15H19NO3. The quantitative estimate of drug-likeness (QED) is 0.672. The SMILES string of the molecule is CC(=O)Oc1cccc(C(=O)NC2CCCCC2)c1. The first-order valence-electron chi connectivity index (χ1n) is 6.74. The van der Waals surface area contributed by atoms with Crippen LogP contribution >= 0.6 is 0 Å². The second-order valence-electron chi connectivity index (χ2n) is 4.93. The van der Waals surface area contributed by atoms with Crippen LogP contribution in [0.3, 0.4) is 0 Å². The minimum absolute atomic E-state index is 0.0964. The first-order chi connectivity index (χ1) is 9.15. The summed E-state index contributed by atoms with van der Waals surface area (Å²) in [5.41, 5.74) is 0.532. The summed E-state index contributed by atoms with van der Waals surface area (Å²) in [5.74, 6) is -0.0745. The third-order valence-corrected chi connectivity index (χ3v) is 3.30. The summed E-state index contributed by atoms with van der Waals surface area (Å²) in [5, 5.41) is 3.04. The van der Waals surface area contributed by atoms with E-state index in [4.69, 9.17) is 4.74 Å². The van der Waals surface area contributed by atoms with Gasteiger partial charge in [0.15, 0.2) is 0 Å². The third kappa shape index (κ3) is 4.09. The predicted molar refractivity (Wildman–Crippen MR) is 72.1 cm³/mol. The number of carbonyl (C=O) groups excluding carboxylic acids is 2. The summed E-state index contributed by atoms with van der Waals surface area (Å²) in [7, 11) is 0. The van der Waals surface area contributed by atoms with E-state index in [1.54, 1.807) is 24.3 Å². The Morgan fingerprint density at radius 1 is 1.21 bits per heavy atom.